The fraction of sp³-hybridized carbons (Fsp3) is 0.0556. The molecule has 0 radical (unpaired) electrons. The minimum atomic E-state index is -1.54. The number of benzene rings is 4. The number of carboxylic acids is 3. The van der Waals surface area contributed by atoms with E-state index in [9.17, 15) is 51.4 Å². The van der Waals surface area contributed by atoms with Gasteiger partial charge in [-0.05, 0) is 55.5 Å². The Kier molecular flexibility index (Phi) is 8.16. The number of aromatic carboxylic acids is 3. The molecule has 2 aromatic heterocycles. The highest BCUT2D eigenvalue weighted by atomic mass is 19.2. The average molecular weight is 747 g/mol. The highest BCUT2D eigenvalue weighted by molar-refractivity contribution is 5.98. The number of ether oxygens (including phenoxy) is 3. The standard InChI is InChI=1S/C19H11F2NO6.C17H7F2NO6/c1-2-27-19(26)10-7-22-12-4-3-8(18(24)25)5-13(12)28-17-14(21)11(20)6-9(15(17)22)16(10)23;18-9-4-7-13-15(12(9)19)26-11-3-6(16(22)23)1-2-10(11)20(13)5-8(14(7)21)17(24)25/h3-7H,2H2,1H3,(H,24,25);1-5H,(H,22,23)(H,24,25). The highest BCUT2D eigenvalue weighted by Gasteiger charge is 2.31. The molecule has 3 N–H and O–H groups in total. The van der Waals surface area contributed by atoms with Gasteiger partial charge in [0.15, 0.2) is 34.6 Å². The summed E-state index contributed by atoms with van der Waals surface area (Å²) >= 11 is 0. The van der Waals surface area contributed by atoms with E-state index in [1.165, 1.54) is 33.4 Å². The summed E-state index contributed by atoms with van der Waals surface area (Å²) in [5.74, 6) is -11.8. The zero-order valence-electron chi connectivity index (χ0n) is 26.9. The lowest BCUT2D eigenvalue weighted by Gasteiger charge is -2.24. The molecule has 8 rings (SSSR count). The first-order chi connectivity index (χ1) is 25.6. The van der Waals surface area contributed by atoms with Crippen LogP contribution in [0.3, 0.4) is 0 Å². The first-order valence-corrected chi connectivity index (χ1v) is 15.3. The predicted molar refractivity (Wildman–Crippen MR) is 176 cm³/mol. The predicted octanol–water partition coefficient (Wildman–Crippen LogP) is 6.02. The van der Waals surface area contributed by atoms with E-state index in [4.69, 9.17) is 24.4 Å². The third-order valence-electron chi connectivity index (χ3n) is 8.36. The Morgan fingerprint density at radius 1 is 0.648 bits per heavy atom. The molecule has 0 unspecified atom stereocenters. The number of fused-ring (bicyclic) bond motifs is 4. The van der Waals surface area contributed by atoms with E-state index >= 15 is 0 Å². The van der Waals surface area contributed by atoms with E-state index in [-0.39, 0.29) is 68.0 Å². The molecule has 0 spiro atoms. The molecule has 14 nitrogen and oxygen atoms in total. The van der Waals surface area contributed by atoms with Crippen LogP contribution < -0.4 is 20.3 Å². The Labute approximate surface area is 295 Å². The van der Waals surface area contributed by atoms with Crippen molar-refractivity contribution in [3.63, 3.8) is 0 Å². The van der Waals surface area contributed by atoms with Gasteiger partial charge in [0.25, 0.3) is 0 Å². The molecule has 0 fully saturated rings. The van der Waals surface area contributed by atoms with Crippen molar-refractivity contribution in [2.75, 3.05) is 6.61 Å². The van der Waals surface area contributed by atoms with E-state index in [2.05, 4.69) is 0 Å². The molecular weight excluding hydrogens is 728 g/mol. The summed E-state index contributed by atoms with van der Waals surface area (Å²) in [5.41, 5.74) is -2.94. The topological polar surface area (TPSA) is 201 Å². The van der Waals surface area contributed by atoms with Gasteiger partial charge in [-0.1, -0.05) is 0 Å². The first kappa shape index (κ1) is 34.9. The summed E-state index contributed by atoms with van der Waals surface area (Å²) in [4.78, 5) is 70.8. The Balaban J connectivity index is 0.000000167. The molecule has 18 heteroatoms. The van der Waals surface area contributed by atoms with Crippen molar-refractivity contribution in [1.29, 1.82) is 0 Å². The Morgan fingerprint density at radius 3 is 1.48 bits per heavy atom. The lowest BCUT2D eigenvalue weighted by Crippen LogP contribution is -2.22. The van der Waals surface area contributed by atoms with Crippen LogP contribution in [0.2, 0.25) is 0 Å². The smallest absolute Gasteiger partial charge is 0.343 e. The number of aromatic nitrogens is 2. The Hall–Kier alpha value is -7.50. The highest BCUT2D eigenvalue weighted by Crippen LogP contribution is 2.44. The zero-order chi connectivity index (χ0) is 38.9. The van der Waals surface area contributed by atoms with Gasteiger partial charge in [-0.25, -0.2) is 28.0 Å². The van der Waals surface area contributed by atoms with Crippen molar-refractivity contribution in [3.05, 3.63) is 127 Å². The quantitative estimate of drug-likeness (QED) is 0.137. The molecule has 0 amide bonds. The van der Waals surface area contributed by atoms with Crippen LogP contribution in [0.4, 0.5) is 17.6 Å². The van der Waals surface area contributed by atoms with Gasteiger partial charge in [-0.15, -0.1) is 0 Å². The number of carboxylic acid groups (broad SMARTS) is 3. The minimum Gasteiger partial charge on any atom is -0.478 e. The number of hydrogen-bond acceptors (Lipinski definition) is 9. The van der Waals surface area contributed by atoms with Crippen LogP contribution in [0.5, 0.6) is 23.0 Å². The maximum absolute atomic E-state index is 14.4. The second-order valence-electron chi connectivity index (χ2n) is 11.5. The first-order valence-electron chi connectivity index (χ1n) is 15.3. The van der Waals surface area contributed by atoms with Crippen molar-refractivity contribution >= 4 is 45.7 Å². The molecule has 4 aromatic carbocycles. The third-order valence-corrected chi connectivity index (χ3v) is 8.36. The summed E-state index contributed by atoms with van der Waals surface area (Å²) in [5, 5.41) is 26.8. The second kappa shape index (κ2) is 12.6. The summed E-state index contributed by atoms with van der Waals surface area (Å²) in [7, 11) is 0. The zero-order valence-corrected chi connectivity index (χ0v) is 26.9. The van der Waals surface area contributed by atoms with Gasteiger partial charge in [-0.2, -0.15) is 8.78 Å². The fourth-order valence-electron chi connectivity index (χ4n) is 5.95. The van der Waals surface area contributed by atoms with E-state index < -0.39 is 75.1 Å². The number of hydrogen-bond donors (Lipinski definition) is 3. The molecule has 2 aliphatic heterocycles. The Bertz CT molecular complexity index is 2850. The molecule has 272 valence electrons. The summed E-state index contributed by atoms with van der Waals surface area (Å²) in [6, 6.07) is 8.74. The summed E-state index contributed by atoms with van der Waals surface area (Å²) < 4.78 is 74.7. The van der Waals surface area contributed by atoms with Gasteiger partial charge >= 0.3 is 23.9 Å². The number of esters is 1. The number of carbonyl (C=O) groups excluding carboxylic acids is 1. The van der Waals surface area contributed by atoms with Crippen LogP contribution in [0.25, 0.3) is 33.2 Å². The van der Waals surface area contributed by atoms with E-state index in [1.807, 2.05) is 0 Å². The molecule has 0 bridgehead atoms. The van der Waals surface area contributed by atoms with E-state index in [0.717, 1.165) is 24.5 Å². The molecule has 2 aliphatic rings. The molecule has 0 saturated heterocycles. The van der Waals surface area contributed by atoms with Crippen LogP contribution in [-0.4, -0.2) is 54.9 Å². The minimum absolute atomic E-state index is 0.0149. The number of carbonyl (C=O) groups is 4. The van der Waals surface area contributed by atoms with Crippen molar-refractivity contribution < 1.29 is 66.3 Å². The number of rotatable bonds is 5. The van der Waals surface area contributed by atoms with Crippen LogP contribution in [0, 0.1) is 23.3 Å². The van der Waals surface area contributed by atoms with Crippen molar-refractivity contribution in [2.24, 2.45) is 0 Å². The molecule has 0 atom stereocenters. The van der Waals surface area contributed by atoms with Gasteiger partial charge in [-0.3, -0.25) is 9.59 Å². The van der Waals surface area contributed by atoms with E-state index in [0.29, 0.717) is 12.1 Å². The molecular formula is C36H18F4N2O12. The van der Waals surface area contributed by atoms with Gasteiger partial charge in [0, 0.05) is 12.4 Å². The molecule has 0 aliphatic carbocycles. The number of nitrogens with zero attached hydrogens (tertiary/aromatic N) is 2. The molecule has 4 heterocycles. The van der Waals surface area contributed by atoms with Gasteiger partial charge < -0.3 is 38.7 Å². The van der Waals surface area contributed by atoms with E-state index in [1.54, 1.807) is 6.92 Å². The molecule has 0 saturated carbocycles. The van der Waals surface area contributed by atoms with Gasteiger partial charge in [0.1, 0.15) is 22.2 Å². The second-order valence-corrected chi connectivity index (χ2v) is 11.5. The van der Waals surface area contributed by atoms with Crippen LogP contribution in [0.1, 0.15) is 48.4 Å². The monoisotopic (exact) mass is 746 g/mol. The van der Waals surface area contributed by atoms with Crippen LogP contribution >= 0.6 is 0 Å². The lowest BCUT2D eigenvalue weighted by molar-refractivity contribution is 0.0522. The number of pyridine rings is 2. The van der Waals surface area contributed by atoms with Crippen molar-refractivity contribution in [1.82, 2.24) is 9.13 Å². The van der Waals surface area contributed by atoms with Crippen LogP contribution in [0.15, 0.2) is 70.5 Å². The normalized spacial score (nSPS) is 11.7. The van der Waals surface area contributed by atoms with Gasteiger partial charge in [0.2, 0.25) is 22.5 Å². The van der Waals surface area contributed by atoms with Crippen molar-refractivity contribution in [3.8, 4) is 34.4 Å². The Morgan fingerprint density at radius 2 is 1.07 bits per heavy atom. The average Bonchev–Trinajstić information content (AvgIpc) is 3.13. The fourth-order valence-corrected chi connectivity index (χ4v) is 5.95. The van der Waals surface area contributed by atoms with Gasteiger partial charge in [0.05, 0.1) is 39.9 Å². The summed E-state index contributed by atoms with van der Waals surface area (Å²) in [6.45, 7) is 1.57. The maximum Gasteiger partial charge on any atom is 0.343 e. The number of halogens is 4. The molecule has 6 aromatic rings. The van der Waals surface area contributed by atoms with Crippen LogP contribution in [-0.2, 0) is 4.74 Å². The SMILES string of the molecule is CCOC(=O)c1cn2c3c(c(F)c(F)cc3c1=O)Oc1cc(C(=O)O)ccc1-2.O=C(O)c1ccc2c(c1)Oc1c(F)c(F)cc3c(=O)c(C(=O)O)cn-2c13. The summed E-state index contributed by atoms with van der Waals surface area (Å²) in [6.07, 6.45) is 2.11. The lowest BCUT2D eigenvalue weighted by atomic mass is 10.1. The maximum atomic E-state index is 14.4. The van der Waals surface area contributed by atoms with Crippen molar-refractivity contribution in [2.45, 2.75) is 6.92 Å². The molecule has 54 heavy (non-hydrogen) atoms. The third kappa shape index (κ3) is 5.35. The largest absolute Gasteiger partial charge is 0.478 e.